The number of nitrogens with two attached hydrogens (primary N) is 1. The molecule has 0 fully saturated rings. The van der Waals surface area contributed by atoms with E-state index in [4.69, 9.17) is 10.6 Å². The maximum absolute atomic E-state index is 9.82. The SMILES string of the molecule is NCCCCCCNCONCCCCCCN=C=O. The minimum Gasteiger partial charge on any atom is -0.330 e. The molecule has 0 bridgehead atoms. The van der Waals surface area contributed by atoms with Crippen LogP contribution in [0.2, 0.25) is 0 Å². The Labute approximate surface area is 122 Å². The van der Waals surface area contributed by atoms with Gasteiger partial charge in [0.15, 0.2) is 0 Å². The zero-order valence-corrected chi connectivity index (χ0v) is 12.5. The lowest BCUT2D eigenvalue weighted by Crippen LogP contribution is -2.26. The van der Waals surface area contributed by atoms with Crippen molar-refractivity contribution in [1.82, 2.24) is 10.8 Å². The summed E-state index contributed by atoms with van der Waals surface area (Å²) in [5.41, 5.74) is 8.36. The van der Waals surface area contributed by atoms with E-state index in [9.17, 15) is 4.79 Å². The predicted octanol–water partition coefficient (Wildman–Crippen LogP) is 1.47. The second-order valence-corrected chi connectivity index (χ2v) is 4.77. The summed E-state index contributed by atoms with van der Waals surface area (Å²) in [5, 5.41) is 3.22. The number of hydroxylamine groups is 1. The largest absolute Gasteiger partial charge is 0.330 e. The Bertz CT molecular complexity index is 233. The third-order valence-corrected chi connectivity index (χ3v) is 2.95. The first-order chi connectivity index (χ1) is 9.91. The molecule has 0 heterocycles. The highest BCUT2D eigenvalue weighted by Crippen LogP contribution is 1.98. The Morgan fingerprint density at radius 2 is 1.65 bits per heavy atom. The second kappa shape index (κ2) is 18.2. The normalized spacial score (nSPS) is 10.4. The van der Waals surface area contributed by atoms with Gasteiger partial charge in [0, 0.05) is 6.54 Å². The molecule has 0 atom stereocenters. The maximum Gasteiger partial charge on any atom is 0.234 e. The average molecular weight is 286 g/mol. The first kappa shape index (κ1) is 19.2. The highest BCUT2D eigenvalue weighted by atomic mass is 16.7. The Hall–Kier alpha value is -0.780. The van der Waals surface area contributed by atoms with Crippen molar-refractivity contribution < 1.29 is 9.63 Å². The fourth-order valence-corrected chi connectivity index (χ4v) is 1.78. The number of rotatable bonds is 16. The van der Waals surface area contributed by atoms with Crippen LogP contribution in [0.5, 0.6) is 0 Å². The van der Waals surface area contributed by atoms with Crippen LogP contribution in [0.25, 0.3) is 0 Å². The molecule has 0 unspecified atom stereocenters. The average Bonchev–Trinajstić information content (AvgIpc) is 2.47. The van der Waals surface area contributed by atoms with Gasteiger partial charge in [-0.2, -0.15) is 0 Å². The molecule has 20 heavy (non-hydrogen) atoms. The van der Waals surface area contributed by atoms with Crippen LogP contribution in [0.1, 0.15) is 51.4 Å². The lowest BCUT2D eigenvalue weighted by molar-refractivity contribution is 0.0277. The van der Waals surface area contributed by atoms with E-state index in [0.29, 0.717) is 13.3 Å². The van der Waals surface area contributed by atoms with Crippen LogP contribution in [0.3, 0.4) is 0 Å². The minimum absolute atomic E-state index is 0.547. The van der Waals surface area contributed by atoms with Crippen molar-refractivity contribution in [3.63, 3.8) is 0 Å². The zero-order valence-electron chi connectivity index (χ0n) is 12.5. The smallest absolute Gasteiger partial charge is 0.234 e. The predicted molar refractivity (Wildman–Crippen MR) is 80.9 cm³/mol. The number of isocyanates is 1. The highest BCUT2D eigenvalue weighted by molar-refractivity contribution is 5.32. The number of nitrogens with one attached hydrogen (secondary N) is 2. The van der Waals surface area contributed by atoms with Gasteiger partial charge in [-0.3, -0.25) is 10.2 Å². The van der Waals surface area contributed by atoms with Crippen LogP contribution in [-0.4, -0.2) is 39.0 Å². The molecule has 6 heteroatoms. The molecule has 0 rings (SSSR count). The summed E-state index contributed by atoms with van der Waals surface area (Å²) in [6.45, 7) is 3.79. The zero-order chi connectivity index (χ0) is 14.7. The molecule has 0 aliphatic carbocycles. The maximum atomic E-state index is 9.82. The molecule has 0 saturated heterocycles. The van der Waals surface area contributed by atoms with Crippen LogP contribution in [0.15, 0.2) is 4.99 Å². The van der Waals surface area contributed by atoms with Crippen LogP contribution in [-0.2, 0) is 9.63 Å². The van der Waals surface area contributed by atoms with E-state index in [1.54, 1.807) is 6.08 Å². The van der Waals surface area contributed by atoms with E-state index >= 15 is 0 Å². The minimum atomic E-state index is 0.547. The third kappa shape index (κ3) is 17.2. The topological polar surface area (TPSA) is 88.7 Å². The van der Waals surface area contributed by atoms with Gasteiger partial charge in [-0.25, -0.2) is 15.3 Å². The summed E-state index contributed by atoms with van der Waals surface area (Å²) in [6.07, 6.45) is 10.5. The summed E-state index contributed by atoms with van der Waals surface area (Å²) in [6, 6.07) is 0. The Kier molecular flexibility index (Phi) is 17.5. The van der Waals surface area contributed by atoms with E-state index in [2.05, 4.69) is 15.8 Å². The quantitative estimate of drug-likeness (QED) is 0.131. The molecule has 0 spiro atoms. The van der Waals surface area contributed by atoms with Crippen molar-refractivity contribution in [1.29, 1.82) is 0 Å². The van der Waals surface area contributed by atoms with E-state index in [-0.39, 0.29) is 0 Å². The molecule has 0 amide bonds. The van der Waals surface area contributed by atoms with E-state index in [0.717, 1.165) is 51.7 Å². The Morgan fingerprint density at radius 1 is 0.950 bits per heavy atom. The summed E-state index contributed by atoms with van der Waals surface area (Å²) < 4.78 is 0. The van der Waals surface area contributed by atoms with Crippen LogP contribution >= 0.6 is 0 Å². The molecule has 0 aromatic carbocycles. The van der Waals surface area contributed by atoms with Gasteiger partial charge in [-0.1, -0.05) is 25.7 Å². The van der Waals surface area contributed by atoms with Crippen LogP contribution < -0.4 is 16.5 Å². The molecule has 118 valence electrons. The van der Waals surface area contributed by atoms with Crippen molar-refractivity contribution in [3.8, 4) is 0 Å². The molecule has 0 radical (unpaired) electrons. The lowest BCUT2D eigenvalue weighted by Gasteiger charge is -2.07. The van der Waals surface area contributed by atoms with Crippen LogP contribution in [0.4, 0.5) is 0 Å². The van der Waals surface area contributed by atoms with E-state index in [1.807, 2.05) is 0 Å². The van der Waals surface area contributed by atoms with Gasteiger partial charge in [-0.05, 0) is 38.8 Å². The number of carbonyl (C=O) groups excluding carboxylic acids is 1. The fraction of sp³-hybridized carbons (Fsp3) is 0.929. The molecule has 6 nitrogen and oxygen atoms in total. The number of hydrogen-bond donors (Lipinski definition) is 3. The molecule has 0 aromatic rings. The van der Waals surface area contributed by atoms with E-state index in [1.165, 1.54) is 19.3 Å². The second-order valence-electron chi connectivity index (χ2n) is 4.77. The van der Waals surface area contributed by atoms with E-state index < -0.39 is 0 Å². The summed E-state index contributed by atoms with van der Waals surface area (Å²) >= 11 is 0. The Morgan fingerprint density at radius 3 is 2.40 bits per heavy atom. The fourth-order valence-electron chi connectivity index (χ4n) is 1.78. The summed E-state index contributed by atoms with van der Waals surface area (Å²) in [4.78, 5) is 18.6. The number of nitrogens with zero attached hydrogens (tertiary/aromatic N) is 1. The molecule has 0 aromatic heterocycles. The first-order valence-corrected chi connectivity index (χ1v) is 7.71. The summed E-state index contributed by atoms with van der Waals surface area (Å²) in [7, 11) is 0. The van der Waals surface area contributed by atoms with Gasteiger partial charge in [0.1, 0.15) is 6.73 Å². The first-order valence-electron chi connectivity index (χ1n) is 7.71. The van der Waals surface area contributed by atoms with Gasteiger partial charge in [-0.15, -0.1) is 0 Å². The van der Waals surface area contributed by atoms with Crippen molar-refractivity contribution in [2.75, 3.05) is 32.9 Å². The van der Waals surface area contributed by atoms with Gasteiger partial charge in [0.25, 0.3) is 0 Å². The van der Waals surface area contributed by atoms with Gasteiger partial charge >= 0.3 is 0 Å². The lowest BCUT2D eigenvalue weighted by atomic mass is 10.2. The van der Waals surface area contributed by atoms with Crippen LogP contribution in [0, 0.1) is 0 Å². The van der Waals surface area contributed by atoms with Gasteiger partial charge < -0.3 is 5.73 Å². The molecule has 4 N–H and O–H groups in total. The Balaban J connectivity index is 2.94. The summed E-state index contributed by atoms with van der Waals surface area (Å²) in [5.74, 6) is 0. The molecular formula is C14H30N4O2. The van der Waals surface area contributed by atoms with Crippen molar-refractivity contribution in [3.05, 3.63) is 0 Å². The number of hydrogen-bond acceptors (Lipinski definition) is 6. The van der Waals surface area contributed by atoms with Gasteiger partial charge in [0.05, 0.1) is 6.54 Å². The molecule has 0 aliphatic heterocycles. The monoisotopic (exact) mass is 286 g/mol. The third-order valence-electron chi connectivity index (χ3n) is 2.95. The standard InChI is InChI=1S/C14H30N4O2/c15-9-5-1-2-7-11-17-14-20-18-12-8-4-3-6-10-16-13-19/h17-18H,1-12,14-15H2. The van der Waals surface area contributed by atoms with Crippen molar-refractivity contribution >= 4 is 6.08 Å². The molecule has 0 aliphatic rings. The molecule has 0 saturated carbocycles. The van der Waals surface area contributed by atoms with Crippen molar-refractivity contribution in [2.45, 2.75) is 51.4 Å². The van der Waals surface area contributed by atoms with Gasteiger partial charge in [0.2, 0.25) is 6.08 Å². The number of unbranched alkanes of at least 4 members (excludes halogenated alkanes) is 6. The molecular weight excluding hydrogens is 256 g/mol. The number of aliphatic imine (C=N–C) groups is 1. The highest BCUT2D eigenvalue weighted by Gasteiger charge is 1.92. The van der Waals surface area contributed by atoms with Crippen molar-refractivity contribution in [2.24, 2.45) is 10.7 Å².